The molecule has 2 aromatic carbocycles. The number of rotatable bonds is 6. The van der Waals surface area contributed by atoms with E-state index in [2.05, 4.69) is 36.5 Å². The Labute approximate surface area is 189 Å². The molecule has 0 fully saturated rings. The molecule has 30 heavy (non-hydrogen) atoms. The van der Waals surface area contributed by atoms with Crippen molar-refractivity contribution in [2.75, 3.05) is 5.32 Å². The molecule has 0 spiro atoms. The molecule has 6 heteroatoms. The highest BCUT2D eigenvalue weighted by Gasteiger charge is 2.22. The summed E-state index contributed by atoms with van der Waals surface area (Å²) in [7, 11) is 0. The van der Waals surface area contributed by atoms with Crippen molar-refractivity contribution >= 4 is 56.4 Å². The number of nitrogens with one attached hydrogen (secondary N) is 1. The monoisotopic (exact) mass is 451 g/mol. The molecular formula is C24H22ClN3S2. The van der Waals surface area contributed by atoms with Gasteiger partial charge in [-0.05, 0) is 73.2 Å². The van der Waals surface area contributed by atoms with Gasteiger partial charge < -0.3 is 5.32 Å². The van der Waals surface area contributed by atoms with Crippen LogP contribution in [0.15, 0.2) is 53.4 Å². The molecule has 2 heterocycles. The fourth-order valence-corrected chi connectivity index (χ4v) is 5.99. The third-order valence-electron chi connectivity index (χ3n) is 5.42. The predicted molar refractivity (Wildman–Crippen MR) is 130 cm³/mol. The van der Waals surface area contributed by atoms with Gasteiger partial charge in [-0.2, -0.15) is 0 Å². The molecule has 0 aliphatic heterocycles. The summed E-state index contributed by atoms with van der Waals surface area (Å²) >= 11 is 9.58. The van der Waals surface area contributed by atoms with Crippen LogP contribution < -0.4 is 5.32 Å². The Hall–Kier alpha value is -2.08. The second-order valence-corrected chi connectivity index (χ2v) is 10.0. The average molecular weight is 452 g/mol. The van der Waals surface area contributed by atoms with E-state index in [1.807, 2.05) is 35.6 Å². The van der Waals surface area contributed by atoms with Crippen molar-refractivity contribution in [2.24, 2.45) is 0 Å². The Balaban J connectivity index is 1.48. The number of thiophene rings is 1. The lowest BCUT2D eigenvalue weighted by molar-refractivity contribution is 0.917. The van der Waals surface area contributed by atoms with E-state index in [9.17, 15) is 0 Å². The number of thioether (sulfide) groups is 1. The fraction of sp³-hybridized carbons (Fsp3) is 0.250. The van der Waals surface area contributed by atoms with Gasteiger partial charge in [0, 0.05) is 20.5 Å². The third-order valence-corrected chi connectivity index (χ3v) is 7.86. The van der Waals surface area contributed by atoms with Crippen molar-refractivity contribution in [1.82, 2.24) is 9.97 Å². The van der Waals surface area contributed by atoms with Crippen LogP contribution in [-0.2, 0) is 25.0 Å². The normalized spacial score (nSPS) is 13.0. The topological polar surface area (TPSA) is 37.8 Å². The highest BCUT2D eigenvalue weighted by Crippen LogP contribution is 2.40. The first-order valence-electron chi connectivity index (χ1n) is 10.2. The quantitative estimate of drug-likeness (QED) is 0.309. The van der Waals surface area contributed by atoms with Gasteiger partial charge in [-0.1, -0.05) is 30.7 Å². The van der Waals surface area contributed by atoms with Crippen molar-refractivity contribution in [3.63, 3.8) is 0 Å². The Bertz CT molecular complexity index is 1180. The minimum atomic E-state index is 0.726. The van der Waals surface area contributed by atoms with Gasteiger partial charge in [0.2, 0.25) is 0 Å². The van der Waals surface area contributed by atoms with E-state index in [0.29, 0.717) is 0 Å². The molecule has 0 unspecified atom stereocenters. The number of benzene rings is 2. The minimum Gasteiger partial charge on any atom is -0.340 e. The number of aromatic nitrogens is 2. The molecule has 0 bridgehead atoms. The van der Waals surface area contributed by atoms with Gasteiger partial charge in [0.05, 0.1) is 11.1 Å². The standard InChI is InChI=1S/C24H22ClN3S2/c1-2-15-6-10-17(11-7-15)26-23-22-19-4-3-5-20(19)30-24(22)28-21(27-23)14-29-18-12-8-16(25)9-13-18/h6-13H,2-5,14H2,1H3,(H,26,27,28). The Morgan fingerprint density at radius 2 is 1.83 bits per heavy atom. The van der Waals surface area contributed by atoms with Crippen LogP contribution in [0.3, 0.4) is 0 Å². The number of hydrogen-bond donors (Lipinski definition) is 1. The van der Waals surface area contributed by atoms with Gasteiger partial charge in [-0.15, -0.1) is 23.1 Å². The lowest BCUT2D eigenvalue weighted by atomic mass is 10.1. The summed E-state index contributed by atoms with van der Waals surface area (Å²) in [4.78, 5) is 13.6. The van der Waals surface area contributed by atoms with Crippen LogP contribution in [0.5, 0.6) is 0 Å². The molecule has 0 radical (unpaired) electrons. The SMILES string of the molecule is CCc1ccc(Nc2nc(CSc3ccc(Cl)cc3)nc3sc4c(c23)CCC4)cc1. The van der Waals surface area contributed by atoms with Gasteiger partial charge >= 0.3 is 0 Å². The summed E-state index contributed by atoms with van der Waals surface area (Å²) in [6, 6.07) is 16.6. The Morgan fingerprint density at radius 3 is 2.60 bits per heavy atom. The highest BCUT2D eigenvalue weighted by atomic mass is 35.5. The largest absolute Gasteiger partial charge is 0.340 e. The lowest BCUT2D eigenvalue weighted by Gasteiger charge is -2.11. The van der Waals surface area contributed by atoms with Crippen LogP contribution in [-0.4, -0.2) is 9.97 Å². The number of halogens is 1. The van der Waals surface area contributed by atoms with Crippen molar-refractivity contribution in [1.29, 1.82) is 0 Å². The fourth-order valence-electron chi connectivity index (χ4n) is 3.83. The second kappa shape index (κ2) is 8.58. The maximum Gasteiger partial charge on any atom is 0.143 e. The zero-order chi connectivity index (χ0) is 20.5. The molecule has 1 N–H and O–H groups in total. The van der Waals surface area contributed by atoms with Crippen LogP contribution in [0.2, 0.25) is 5.02 Å². The smallest absolute Gasteiger partial charge is 0.143 e. The van der Waals surface area contributed by atoms with E-state index in [1.165, 1.54) is 32.7 Å². The van der Waals surface area contributed by atoms with E-state index in [4.69, 9.17) is 21.6 Å². The molecule has 4 aromatic rings. The van der Waals surface area contributed by atoms with Crippen molar-refractivity contribution in [3.8, 4) is 0 Å². The van der Waals surface area contributed by atoms with Crippen LogP contribution in [0.25, 0.3) is 10.2 Å². The van der Waals surface area contributed by atoms with Crippen LogP contribution in [0, 0.1) is 0 Å². The molecule has 1 aliphatic carbocycles. The van der Waals surface area contributed by atoms with Crippen LogP contribution in [0.4, 0.5) is 11.5 Å². The van der Waals surface area contributed by atoms with Crippen LogP contribution >= 0.6 is 34.7 Å². The first-order valence-corrected chi connectivity index (χ1v) is 12.4. The Kier molecular flexibility index (Phi) is 5.68. The number of aryl methyl sites for hydroxylation is 3. The maximum absolute atomic E-state index is 6.01. The van der Waals surface area contributed by atoms with E-state index in [1.54, 1.807) is 11.8 Å². The van der Waals surface area contributed by atoms with E-state index in [-0.39, 0.29) is 0 Å². The number of anilines is 2. The molecule has 5 rings (SSSR count). The van der Waals surface area contributed by atoms with Crippen molar-refractivity contribution in [3.05, 3.63) is 75.4 Å². The average Bonchev–Trinajstić information content (AvgIpc) is 3.35. The summed E-state index contributed by atoms with van der Waals surface area (Å²) in [6.45, 7) is 2.18. The number of fused-ring (bicyclic) bond motifs is 3. The van der Waals surface area contributed by atoms with E-state index < -0.39 is 0 Å². The van der Waals surface area contributed by atoms with Gasteiger partial charge in [-0.3, -0.25) is 0 Å². The highest BCUT2D eigenvalue weighted by molar-refractivity contribution is 7.98. The minimum absolute atomic E-state index is 0.726. The predicted octanol–water partition coefficient (Wildman–Crippen LogP) is 7.43. The van der Waals surface area contributed by atoms with Gasteiger partial charge in [0.25, 0.3) is 0 Å². The zero-order valence-electron chi connectivity index (χ0n) is 16.7. The zero-order valence-corrected chi connectivity index (χ0v) is 19.1. The molecule has 0 amide bonds. The molecule has 152 valence electrons. The molecular weight excluding hydrogens is 430 g/mol. The van der Waals surface area contributed by atoms with Crippen molar-refractivity contribution in [2.45, 2.75) is 43.3 Å². The third kappa shape index (κ3) is 4.07. The second-order valence-electron chi connectivity index (χ2n) is 7.44. The molecule has 1 aliphatic rings. The van der Waals surface area contributed by atoms with Gasteiger partial charge in [0.1, 0.15) is 16.5 Å². The summed E-state index contributed by atoms with van der Waals surface area (Å²) in [6.07, 6.45) is 4.56. The first kappa shape index (κ1) is 19.9. The summed E-state index contributed by atoms with van der Waals surface area (Å²) < 4.78 is 0. The van der Waals surface area contributed by atoms with E-state index in [0.717, 1.165) is 52.2 Å². The molecule has 2 aromatic heterocycles. The molecule has 0 saturated carbocycles. The summed E-state index contributed by atoms with van der Waals surface area (Å²) in [5, 5.41) is 5.56. The van der Waals surface area contributed by atoms with Crippen molar-refractivity contribution < 1.29 is 0 Å². The van der Waals surface area contributed by atoms with Gasteiger partial charge in [0.15, 0.2) is 0 Å². The number of hydrogen-bond acceptors (Lipinski definition) is 5. The Morgan fingerprint density at radius 1 is 1.03 bits per heavy atom. The summed E-state index contributed by atoms with van der Waals surface area (Å²) in [5.41, 5.74) is 3.85. The first-order chi connectivity index (χ1) is 14.7. The molecule has 0 saturated heterocycles. The molecule has 3 nitrogen and oxygen atoms in total. The summed E-state index contributed by atoms with van der Waals surface area (Å²) in [5.74, 6) is 2.52. The van der Waals surface area contributed by atoms with E-state index >= 15 is 0 Å². The lowest BCUT2D eigenvalue weighted by Crippen LogP contribution is -2.01. The van der Waals surface area contributed by atoms with Crippen LogP contribution in [0.1, 0.15) is 35.2 Å². The van der Waals surface area contributed by atoms with Gasteiger partial charge in [-0.25, -0.2) is 9.97 Å². The maximum atomic E-state index is 6.01. The number of nitrogens with zero attached hydrogens (tertiary/aromatic N) is 2. The molecule has 0 atom stereocenters.